The molecule has 0 fully saturated rings. The molecule has 1 aromatic heterocycles. The van der Waals surface area contributed by atoms with Crippen LogP contribution in [0.4, 0.5) is 0 Å². The summed E-state index contributed by atoms with van der Waals surface area (Å²) in [6, 6.07) is 1.91. The van der Waals surface area contributed by atoms with Gasteiger partial charge in [-0.2, -0.15) is 0 Å². The third-order valence-corrected chi connectivity index (χ3v) is 2.51. The van der Waals surface area contributed by atoms with Crippen molar-refractivity contribution >= 4 is 23.2 Å². The van der Waals surface area contributed by atoms with Crippen LogP contribution >= 0.6 is 23.2 Å². The minimum absolute atomic E-state index is 0.510. The lowest BCUT2D eigenvalue weighted by Gasteiger charge is -2.00. The van der Waals surface area contributed by atoms with Crippen molar-refractivity contribution in [3.8, 4) is 0 Å². The lowest BCUT2D eigenvalue weighted by molar-refractivity contribution is 0.911. The molecule has 0 amide bonds. The van der Waals surface area contributed by atoms with Gasteiger partial charge in [0.15, 0.2) is 0 Å². The normalized spacial score (nSPS) is 15.1. The molecule has 1 aliphatic rings. The summed E-state index contributed by atoms with van der Waals surface area (Å²) in [6.45, 7) is 0. The van der Waals surface area contributed by atoms with Crippen LogP contribution in [0.15, 0.2) is 6.07 Å². The van der Waals surface area contributed by atoms with E-state index in [-0.39, 0.29) is 0 Å². The topological polar surface area (TPSA) is 12.9 Å². The number of aryl methyl sites for hydroxylation is 1. The minimum atomic E-state index is 0.510. The molecule has 1 aliphatic carbocycles. The third kappa shape index (κ3) is 1.23. The van der Waals surface area contributed by atoms with E-state index in [9.17, 15) is 0 Å². The van der Waals surface area contributed by atoms with Crippen LogP contribution in [0.1, 0.15) is 17.5 Å². The Morgan fingerprint density at radius 1 is 1.27 bits per heavy atom. The molecule has 1 nitrogen and oxygen atoms in total. The standard InChI is InChI=1S/C8H7Cl2N/c9-7-4-5-2-1-3-6(5)8(10)11-7/h4H,1-3H2. The van der Waals surface area contributed by atoms with Gasteiger partial charge >= 0.3 is 0 Å². The Balaban J connectivity index is 2.60. The fraction of sp³-hybridized carbons (Fsp3) is 0.375. The SMILES string of the molecule is Clc1cc2c(c(Cl)n1)CCC2. The number of hydrogen-bond acceptors (Lipinski definition) is 1. The van der Waals surface area contributed by atoms with Crippen LogP contribution in [0.5, 0.6) is 0 Å². The van der Waals surface area contributed by atoms with E-state index in [1.165, 1.54) is 17.5 Å². The van der Waals surface area contributed by atoms with E-state index in [2.05, 4.69) is 4.98 Å². The number of halogens is 2. The number of pyridine rings is 1. The van der Waals surface area contributed by atoms with Crippen molar-refractivity contribution in [3.05, 3.63) is 27.5 Å². The number of hydrogen-bond donors (Lipinski definition) is 0. The molecule has 0 N–H and O–H groups in total. The molecule has 0 radical (unpaired) electrons. The molecule has 11 heavy (non-hydrogen) atoms. The van der Waals surface area contributed by atoms with E-state index in [1.807, 2.05) is 6.07 Å². The van der Waals surface area contributed by atoms with Crippen molar-refractivity contribution in [2.45, 2.75) is 19.3 Å². The van der Waals surface area contributed by atoms with E-state index in [0.29, 0.717) is 10.3 Å². The van der Waals surface area contributed by atoms with Gasteiger partial charge < -0.3 is 0 Å². The molecule has 0 spiro atoms. The average Bonchev–Trinajstić information content (AvgIpc) is 2.34. The summed E-state index contributed by atoms with van der Waals surface area (Å²) in [7, 11) is 0. The van der Waals surface area contributed by atoms with Gasteiger partial charge in [-0.3, -0.25) is 0 Å². The summed E-state index contributed by atoms with van der Waals surface area (Å²) in [4.78, 5) is 3.98. The predicted molar refractivity (Wildman–Crippen MR) is 46.3 cm³/mol. The van der Waals surface area contributed by atoms with Gasteiger partial charge in [0.25, 0.3) is 0 Å². The number of rotatable bonds is 0. The van der Waals surface area contributed by atoms with Crippen molar-refractivity contribution in [3.63, 3.8) is 0 Å². The molecular formula is C8H7Cl2N. The van der Waals surface area contributed by atoms with Gasteiger partial charge in [-0.15, -0.1) is 0 Å². The second-order valence-corrected chi connectivity index (χ2v) is 3.47. The zero-order valence-electron chi connectivity index (χ0n) is 5.90. The third-order valence-electron chi connectivity index (χ3n) is 2.01. The Kier molecular flexibility index (Phi) is 1.78. The molecule has 3 heteroatoms. The highest BCUT2D eigenvalue weighted by atomic mass is 35.5. The number of aromatic nitrogens is 1. The van der Waals surface area contributed by atoms with Crippen LogP contribution in [0.2, 0.25) is 10.3 Å². The quantitative estimate of drug-likeness (QED) is 0.570. The first-order chi connectivity index (χ1) is 5.27. The molecule has 0 bridgehead atoms. The van der Waals surface area contributed by atoms with Gasteiger partial charge in [0.2, 0.25) is 0 Å². The number of nitrogens with zero attached hydrogens (tertiary/aromatic N) is 1. The van der Waals surface area contributed by atoms with E-state index >= 15 is 0 Å². The van der Waals surface area contributed by atoms with Crippen molar-refractivity contribution < 1.29 is 0 Å². The molecule has 0 saturated heterocycles. The molecule has 1 heterocycles. The minimum Gasteiger partial charge on any atom is -0.224 e. The smallest absolute Gasteiger partial charge is 0.134 e. The maximum atomic E-state index is 5.88. The molecule has 0 saturated carbocycles. The van der Waals surface area contributed by atoms with Crippen molar-refractivity contribution in [2.24, 2.45) is 0 Å². The maximum Gasteiger partial charge on any atom is 0.134 e. The van der Waals surface area contributed by atoms with Crippen LogP contribution in [0, 0.1) is 0 Å². The zero-order valence-corrected chi connectivity index (χ0v) is 7.41. The average molecular weight is 188 g/mol. The van der Waals surface area contributed by atoms with Gasteiger partial charge in [-0.1, -0.05) is 23.2 Å². The van der Waals surface area contributed by atoms with Crippen LogP contribution in [-0.4, -0.2) is 4.98 Å². The molecule has 0 aromatic carbocycles. The van der Waals surface area contributed by atoms with Gasteiger partial charge in [0.1, 0.15) is 10.3 Å². The highest BCUT2D eigenvalue weighted by Crippen LogP contribution is 2.29. The Labute approximate surface area is 75.3 Å². The van der Waals surface area contributed by atoms with Gasteiger partial charge in [0.05, 0.1) is 0 Å². The van der Waals surface area contributed by atoms with Crippen molar-refractivity contribution in [2.75, 3.05) is 0 Å². The Hall–Kier alpha value is -0.270. The van der Waals surface area contributed by atoms with Crippen LogP contribution in [0.25, 0.3) is 0 Å². The van der Waals surface area contributed by atoms with Crippen LogP contribution in [0.3, 0.4) is 0 Å². The number of fused-ring (bicyclic) bond motifs is 1. The summed E-state index contributed by atoms with van der Waals surface area (Å²) >= 11 is 11.6. The van der Waals surface area contributed by atoms with Gasteiger partial charge in [0, 0.05) is 0 Å². The lowest BCUT2D eigenvalue weighted by atomic mass is 10.2. The van der Waals surface area contributed by atoms with Gasteiger partial charge in [-0.25, -0.2) is 4.98 Å². The van der Waals surface area contributed by atoms with Crippen LogP contribution < -0.4 is 0 Å². The summed E-state index contributed by atoms with van der Waals surface area (Å²) in [5.41, 5.74) is 2.46. The predicted octanol–water partition coefficient (Wildman–Crippen LogP) is 2.88. The molecule has 2 rings (SSSR count). The van der Waals surface area contributed by atoms with E-state index in [4.69, 9.17) is 23.2 Å². The molecular weight excluding hydrogens is 181 g/mol. The second kappa shape index (κ2) is 2.65. The highest BCUT2D eigenvalue weighted by Gasteiger charge is 2.15. The Bertz CT molecular complexity index is 296. The Morgan fingerprint density at radius 3 is 2.91 bits per heavy atom. The first-order valence-electron chi connectivity index (χ1n) is 3.61. The second-order valence-electron chi connectivity index (χ2n) is 2.73. The fourth-order valence-corrected chi connectivity index (χ4v) is 2.07. The van der Waals surface area contributed by atoms with E-state index in [1.54, 1.807) is 0 Å². The summed E-state index contributed by atoms with van der Waals surface area (Å²) in [5.74, 6) is 0. The van der Waals surface area contributed by atoms with Crippen LogP contribution in [-0.2, 0) is 12.8 Å². The first-order valence-corrected chi connectivity index (χ1v) is 4.37. The first kappa shape index (κ1) is 7.38. The molecule has 0 aliphatic heterocycles. The summed E-state index contributed by atoms with van der Waals surface area (Å²) < 4.78 is 0. The highest BCUT2D eigenvalue weighted by molar-refractivity contribution is 6.33. The largest absolute Gasteiger partial charge is 0.224 e. The maximum absolute atomic E-state index is 5.88. The molecule has 58 valence electrons. The fourth-order valence-electron chi connectivity index (χ4n) is 1.50. The monoisotopic (exact) mass is 187 g/mol. The van der Waals surface area contributed by atoms with Crippen molar-refractivity contribution in [1.29, 1.82) is 0 Å². The van der Waals surface area contributed by atoms with E-state index in [0.717, 1.165) is 12.8 Å². The molecule has 0 unspecified atom stereocenters. The van der Waals surface area contributed by atoms with E-state index < -0.39 is 0 Å². The lowest BCUT2D eigenvalue weighted by Crippen LogP contribution is -1.87. The van der Waals surface area contributed by atoms with Crippen molar-refractivity contribution in [1.82, 2.24) is 4.98 Å². The summed E-state index contributed by atoms with van der Waals surface area (Å²) in [5, 5.41) is 1.10. The summed E-state index contributed by atoms with van der Waals surface area (Å²) in [6.07, 6.45) is 3.33. The zero-order chi connectivity index (χ0) is 7.84. The Morgan fingerprint density at radius 2 is 2.09 bits per heavy atom. The molecule has 0 atom stereocenters. The van der Waals surface area contributed by atoms with Gasteiger partial charge in [-0.05, 0) is 36.5 Å². The molecule has 1 aromatic rings.